The van der Waals surface area contributed by atoms with Crippen LogP contribution in [-0.4, -0.2) is 103 Å². The number of carbonyl (C=O) groups excluding carboxylic acids is 2. The van der Waals surface area contributed by atoms with Gasteiger partial charge in [0.25, 0.3) is 11.1 Å². The summed E-state index contributed by atoms with van der Waals surface area (Å²) in [6, 6.07) is 4.28. The van der Waals surface area contributed by atoms with Gasteiger partial charge in [-0.15, -0.1) is 0 Å². The maximum atomic E-state index is 15.0. The van der Waals surface area contributed by atoms with Crippen LogP contribution in [0.5, 0.6) is 0 Å². The molecule has 95 heavy (non-hydrogen) atoms. The fraction of sp³-hybridized carbons (Fsp3) is 0.370. The number of fused-ring (bicyclic) bond motifs is 2. The van der Waals surface area contributed by atoms with E-state index in [-0.39, 0.29) is 51.7 Å². The number of halogens is 8. The van der Waals surface area contributed by atoms with E-state index in [1.165, 1.54) is 24.3 Å². The van der Waals surface area contributed by atoms with Gasteiger partial charge in [-0.2, -0.15) is 36.3 Å². The number of hydrogen-bond donors (Lipinski definition) is 0. The molecule has 502 valence electrons. The Morgan fingerprint density at radius 2 is 1.04 bits per heavy atom. The molecule has 2 amide bonds. The van der Waals surface area contributed by atoms with Crippen LogP contribution in [0.25, 0.3) is 22.3 Å². The minimum Gasteiger partial charge on any atom is -0.336 e. The van der Waals surface area contributed by atoms with Gasteiger partial charge in [-0.3, -0.25) is 19.2 Å². The number of hydrogen-bond acceptors (Lipinski definition) is 10. The Kier molecular flexibility index (Phi) is 14.4. The third-order valence-corrected chi connectivity index (χ3v) is 16.5. The average Bonchev–Trinajstić information content (AvgIpc) is 1.51. The minimum atomic E-state index is -5.21. The molecule has 0 spiro atoms. The molecule has 10 rings (SSSR count). The van der Waals surface area contributed by atoms with Crippen molar-refractivity contribution in [3.8, 4) is 22.3 Å². The quantitative estimate of drug-likeness (QED) is 0.0295. The molecule has 0 saturated carbocycles. The highest BCUT2D eigenvalue weighted by Gasteiger charge is 2.33. The fourth-order valence-corrected chi connectivity index (χ4v) is 11.3. The third kappa shape index (κ3) is 19.0. The minimum absolute atomic E-state index is 0.154. The molecular formula is C73H78F8N8O4S2. The number of alkyl halides is 6. The lowest BCUT2D eigenvalue weighted by Gasteiger charge is -2.28. The van der Waals surface area contributed by atoms with Gasteiger partial charge < -0.3 is 28.7 Å². The van der Waals surface area contributed by atoms with Crippen molar-refractivity contribution >= 4 is 35.3 Å². The van der Waals surface area contributed by atoms with Crippen molar-refractivity contribution in [2.45, 2.75) is 133 Å². The Balaban J connectivity index is 0.000000285. The van der Waals surface area contributed by atoms with E-state index in [0.29, 0.717) is 62.0 Å². The summed E-state index contributed by atoms with van der Waals surface area (Å²) in [5, 5.41) is -1.15. The Morgan fingerprint density at radius 3 is 1.59 bits per heavy atom. The van der Waals surface area contributed by atoms with Crippen molar-refractivity contribution in [2.24, 2.45) is 0 Å². The predicted molar refractivity (Wildman–Crippen MR) is 358 cm³/mol. The normalized spacial score (nSPS) is 19.8. The predicted octanol–water partition coefficient (Wildman–Crippen LogP) is 14.7. The van der Waals surface area contributed by atoms with Gasteiger partial charge in [0.2, 0.25) is 11.8 Å². The van der Waals surface area contributed by atoms with Crippen LogP contribution in [0, 0.1) is 18.6 Å². The van der Waals surface area contributed by atoms with E-state index >= 15 is 4.79 Å². The molecular weight excluding hydrogens is 1270 g/mol. The summed E-state index contributed by atoms with van der Waals surface area (Å²) in [6.07, 6.45) is -19.6. The molecule has 0 saturated heterocycles. The first-order chi connectivity index (χ1) is 56.6. The summed E-state index contributed by atoms with van der Waals surface area (Å²) in [7, 11) is 0. The fourth-order valence-electron chi connectivity index (χ4n) is 9.55. The van der Waals surface area contributed by atoms with E-state index < -0.39 is 260 Å². The van der Waals surface area contributed by atoms with Crippen LogP contribution in [0.2, 0.25) is 0 Å². The smallest absolute Gasteiger partial charge is 0.336 e. The molecule has 2 aromatic heterocycles. The molecule has 12 nitrogen and oxygen atoms in total. The summed E-state index contributed by atoms with van der Waals surface area (Å²) >= 11 is 1.13. The molecule has 0 atom stereocenters. The first kappa shape index (κ1) is 41.9. The number of benzene rings is 6. The number of thioether (sulfide) groups is 2. The van der Waals surface area contributed by atoms with Gasteiger partial charge in [-0.25, -0.2) is 8.78 Å². The summed E-state index contributed by atoms with van der Waals surface area (Å²) in [6.45, 7) is -15.4. The zero-order valence-corrected chi connectivity index (χ0v) is 52.9. The number of amides is 2. The Morgan fingerprint density at radius 1 is 0.547 bits per heavy atom. The van der Waals surface area contributed by atoms with E-state index in [0.717, 1.165) is 73.3 Å². The molecule has 8 aromatic rings. The molecule has 2 aliphatic carbocycles. The molecule has 0 bridgehead atoms. The number of nitrogens with zero attached hydrogens (tertiary/aromatic N) is 8. The van der Waals surface area contributed by atoms with Crippen molar-refractivity contribution in [2.75, 3.05) is 52.2 Å². The van der Waals surface area contributed by atoms with Crippen molar-refractivity contribution in [3.63, 3.8) is 0 Å². The van der Waals surface area contributed by atoms with Crippen molar-refractivity contribution in [3.05, 3.63) is 233 Å². The Hall–Kier alpha value is -7.92. The molecule has 0 N–H and O–H groups in total. The maximum Gasteiger partial charge on any atom is 0.416 e. The van der Waals surface area contributed by atoms with Crippen molar-refractivity contribution < 1.29 is 84.5 Å². The summed E-state index contributed by atoms with van der Waals surface area (Å²) in [5.41, 5.74) is -8.81. The van der Waals surface area contributed by atoms with Crippen molar-refractivity contribution in [1.82, 2.24) is 38.7 Å². The molecule has 0 radical (unpaired) electrons. The number of carbonyl (C=O) groups is 2. The van der Waals surface area contributed by atoms with E-state index in [2.05, 4.69) is 9.97 Å². The molecule has 2 heterocycles. The van der Waals surface area contributed by atoms with Crippen LogP contribution in [0.15, 0.2) is 159 Å². The van der Waals surface area contributed by atoms with Crippen LogP contribution in [-0.2, 0) is 85.1 Å². The van der Waals surface area contributed by atoms with E-state index in [9.17, 15) is 55.0 Å². The van der Waals surface area contributed by atoms with Crippen LogP contribution in [0.4, 0.5) is 35.1 Å². The summed E-state index contributed by atoms with van der Waals surface area (Å²) in [4.78, 5) is 67.1. The van der Waals surface area contributed by atoms with Crippen LogP contribution >= 0.6 is 23.5 Å². The molecule has 22 heteroatoms. The van der Waals surface area contributed by atoms with Crippen LogP contribution in [0.1, 0.15) is 142 Å². The van der Waals surface area contributed by atoms with Gasteiger partial charge in [-0.05, 0) is 164 Å². The largest absolute Gasteiger partial charge is 0.416 e. The molecule has 0 fully saturated rings. The molecule has 0 aliphatic heterocycles. The lowest BCUT2D eigenvalue weighted by molar-refractivity contribution is -0.138. The van der Waals surface area contributed by atoms with Gasteiger partial charge in [0.15, 0.2) is 10.3 Å². The standard InChI is InChI=1S/C37H40F4N4O2S.C36H38F4N4O2S/c1-4-43(5-2)19-20-44(22-26-9-13-28(14-10-26)29-15-18-32(25(3)21-29)37(39,40)41)34(46)23-45-33-8-6-7-31(33)35(47)42-36(45)48-24-27-11-16-30(38)17-12-27;1-3-42(4-2)20-21-43(22-25-8-12-27(13-9-25)28-14-16-29(17-15-28)36(38,39)40)33(45)23-44-32-7-5-6-31(32)34(46)41-35(44)47-24-26-10-18-30(37)19-11-26/h9-18,21H,4-8,19-20,22-24H2,1-3H3;8-19H,3-7,20-24H2,1-2H3/i4D2,5D2,6D2,7D2,8D2,9D,10D,13D,14D,15D,18D,21D,23D2;3D2,4D2,10D,11D,18D,19D,23D2. The Labute approximate surface area is 598 Å². The number of rotatable bonds is 26. The van der Waals surface area contributed by atoms with Crippen LogP contribution < -0.4 is 11.1 Å². The lowest BCUT2D eigenvalue weighted by Crippen LogP contribution is -2.40. The maximum absolute atomic E-state index is 15.0. The number of likely N-dealkylation sites (N-methyl/N-ethyl adjacent to an activating group) is 2. The van der Waals surface area contributed by atoms with E-state index in [1.54, 1.807) is 24.3 Å². The second-order valence-corrected chi connectivity index (χ2v) is 22.6. The second-order valence-electron chi connectivity index (χ2n) is 20.7. The highest BCUT2D eigenvalue weighted by Crippen LogP contribution is 2.36. The lowest BCUT2D eigenvalue weighted by atomic mass is 9.98. The summed E-state index contributed by atoms with van der Waals surface area (Å²) < 4.78 is 358. The zero-order valence-electron chi connectivity index (χ0n) is 80.3. The molecule has 0 unspecified atom stereocenters. The first-order valence-electron chi connectivity index (χ1n) is 43.4. The van der Waals surface area contributed by atoms with E-state index in [4.69, 9.17) is 34.3 Å². The molecule has 2 aliphatic rings. The highest BCUT2D eigenvalue weighted by molar-refractivity contribution is 7.98. The zero-order chi connectivity index (χ0) is 93.7. The third-order valence-electron chi connectivity index (χ3n) is 14.5. The highest BCUT2D eigenvalue weighted by atomic mass is 32.2. The van der Waals surface area contributed by atoms with E-state index in [1.807, 2.05) is 0 Å². The second kappa shape index (κ2) is 32.7. The van der Waals surface area contributed by atoms with Gasteiger partial charge in [-0.1, -0.05) is 148 Å². The first-order valence-corrected chi connectivity index (χ1v) is 30.8. The van der Waals surface area contributed by atoms with Gasteiger partial charge in [0.05, 0.1) is 31.7 Å². The molecule has 6 aromatic carbocycles. The van der Waals surface area contributed by atoms with Gasteiger partial charge in [0.1, 0.15) is 24.6 Å². The van der Waals surface area contributed by atoms with Crippen molar-refractivity contribution in [1.29, 1.82) is 0 Å². The van der Waals surface area contributed by atoms with Gasteiger partial charge >= 0.3 is 12.4 Å². The average molecular weight is 1380 g/mol. The number of aromatic nitrogens is 4. The SMILES string of the molecule is [2H]c1c([2H])c(-c2c([2H])c([2H])c(C(F)(F)F)c(C)c2[2H])c([2H])c([2H])c1CN(CCN(C([2H])([2H])C)C([2H])([2H])C)C(=O)C([2H])([2H])n1c(SCc2ccc(F)cc2)nc(=O)c2c1C([2H])([2H])C([2H])([2H])C2([2H])[2H].[2H]c1c([2H])c(CSc2nc(=O)c3c(n2C([2H])([2H])C(=O)N(CCN(C([2H])([2H])C)C([2H])([2H])C)Cc2ccc(-c4ccc(C(F)(F)F)cc4)cc2)CCC3)c([2H])c([2H])c1F. The monoisotopic (exact) mass is 1380 g/mol. The van der Waals surface area contributed by atoms with Crippen LogP contribution in [0.3, 0.4) is 0 Å². The Bertz CT molecular complexity index is 5480. The topological polar surface area (TPSA) is 117 Å². The summed E-state index contributed by atoms with van der Waals surface area (Å²) in [5.74, 6) is -5.71. The van der Waals surface area contributed by atoms with Gasteiger partial charge in [0, 0.05) is 92.5 Å².